The molecule has 6 nitrogen and oxygen atoms in total. The number of halogens is 1. The lowest BCUT2D eigenvalue weighted by molar-refractivity contribution is 0.0976. The van der Waals surface area contributed by atoms with E-state index < -0.39 is 0 Å². The first-order chi connectivity index (χ1) is 17.0. The van der Waals surface area contributed by atoms with Crippen molar-refractivity contribution in [2.75, 3.05) is 16.0 Å². The van der Waals surface area contributed by atoms with Crippen LogP contribution < -0.4 is 21.3 Å². The second-order valence-electron chi connectivity index (χ2n) is 7.49. The third-order valence-corrected chi connectivity index (χ3v) is 5.81. The topological polar surface area (TPSA) is 82.3 Å². The third kappa shape index (κ3) is 6.87. The normalized spacial score (nSPS) is 10.2. The fourth-order valence-electron chi connectivity index (χ4n) is 3.27. The van der Waals surface area contributed by atoms with Crippen LogP contribution in [-0.2, 0) is 0 Å². The van der Waals surface area contributed by atoms with Crippen LogP contribution >= 0.6 is 34.8 Å². The SMILES string of the molecule is O=C(NC(=S)Nc1ccccc1C(=O)Nc1ccc(Nc2ccccc2)cc1)c1cccc(I)c1. The number of carbonyl (C=O) groups excluding carboxylic acids is 2. The van der Waals surface area contributed by atoms with Crippen LogP contribution in [0.3, 0.4) is 0 Å². The molecule has 0 saturated carbocycles. The van der Waals surface area contributed by atoms with Crippen LogP contribution in [0.2, 0.25) is 0 Å². The smallest absolute Gasteiger partial charge is 0.257 e. The number of nitrogens with one attached hydrogen (secondary N) is 4. The van der Waals surface area contributed by atoms with Gasteiger partial charge in [-0.1, -0.05) is 36.4 Å². The van der Waals surface area contributed by atoms with E-state index in [4.69, 9.17) is 12.2 Å². The van der Waals surface area contributed by atoms with E-state index in [9.17, 15) is 9.59 Å². The summed E-state index contributed by atoms with van der Waals surface area (Å²) < 4.78 is 0.944. The van der Waals surface area contributed by atoms with Crippen LogP contribution in [0.1, 0.15) is 20.7 Å². The number of anilines is 4. The summed E-state index contributed by atoms with van der Waals surface area (Å²) in [5.74, 6) is -0.629. The molecule has 0 bridgehead atoms. The molecule has 0 unspecified atom stereocenters. The molecule has 174 valence electrons. The van der Waals surface area contributed by atoms with Gasteiger partial charge < -0.3 is 16.0 Å². The maximum absolute atomic E-state index is 13.0. The molecule has 0 atom stereocenters. The number of amides is 2. The minimum absolute atomic E-state index is 0.102. The van der Waals surface area contributed by atoms with E-state index in [1.54, 1.807) is 42.5 Å². The van der Waals surface area contributed by atoms with Gasteiger partial charge in [-0.05, 0) is 102 Å². The molecule has 0 saturated heterocycles. The zero-order valence-corrected chi connectivity index (χ0v) is 21.4. The maximum Gasteiger partial charge on any atom is 0.257 e. The molecule has 0 spiro atoms. The lowest BCUT2D eigenvalue weighted by atomic mass is 10.1. The highest BCUT2D eigenvalue weighted by atomic mass is 127. The van der Waals surface area contributed by atoms with Crippen LogP contribution in [0.5, 0.6) is 0 Å². The van der Waals surface area contributed by atoms with Crippen LogP contribution in [-0.4, -0.2) is 16.9 Å². The predicted octanol–water partition coefficient (Wildman–Crippen LogP) is 6.41. The van der Waals surface area contributed by atoms with Crippen molar-refractivity contribution >= 4 is 74.5 Å². The Labute approximate surface area is 222 Å². The molecule has 4 aromatic rings. The summed E-state index contributed by atoms with van der Waals surface area (Å²) in [5, 5.41) is 11.9. The summed E-state index contributed by atoms with van der Waals surface area (Å²) in [6.07, 6.45) is 0. The highest BCUT2D eigenvalue weighted by molar-refractivity contribution is 14.1. The molecule has 4 rings (SSSR count). The maximum atomic E-state index is 13.0. The molecule has 0 fully saturated rings. The highest BCUT2D eigenvalue weighted by Gasteiger charge is 2.14. The summed E-state index contributed by atoms with van der Waals surface area (Å²) in [4.78, 5) is 25.4. The van der Waals surface area contributed by atoms with Crippen molar-refractivity contribution in [2.45, 2.75) is 0 Å². The van der Waals surface area contributed by atoms with Gasteiger partial charge in [-0.25, -0.2) is 0 Å². The number of rotatable bonds is 6. The quantitative estimate of drug-likeness (QED) is 0.154. The number of thiocarbonyl (C=S) groups is 1. The molecule has 0 aromatic heterocycles. The van der Waals surface area contributed by atoms with Gasteiger partial charge in [0.05, 0.1) is 11.3 Å². The van der Waals surface area contributed by atoms with Crippen molar-refractivity contribution in [3.8, 4) is 0 Å². The van der Waals surface area contributed by atoms with Gasteiger partial charge in [0.2, 0.25) is 0 Å². The van der Waals surface area contributed by atoms with Crippen molar-refractivity contribution in [1.82, 2.24) is 5.32 Å². The second-order valence-corrected chi connectivity index (χ2v) is 9.14. The van der Waals surface area contributed by atoms with Crippen molar-refractivity contribution in [3.05, 3.63) is 118 Å². The Morgan fingerprint density at radius 3 is 2.06 bits per heavy atom. The summed E-state index contributed by atoms with van der Waals surface area (Å²) in [6.45, 7) is 0. The van der Waals surface area contributed by atoms with Crippen molar-refractivity contribution in [3.63, 3.8) is 0 Å². The molecule has 35 heavy (non-hydrogen) atoms. The first-order valence-corrected chi connectivity index (χ1v) is 12.2. The van der Waals surface area contributed by atoms with Crippen molar-refractivity contribution in [1.29, 1.82) is 0 Å². The highest BCUT2D eigenvalue weighted by Crippen LogP contribution is 2.21. The molecule has 0 aliphatic heterocycles. The molecular formula is C27H21IN4O2S. The Bertz CT molecular complexity index is 1360. The number of hydrogen-bond acceptors (Lipinski definition) is 4. The fraction of sp³-hybridized carbons (Fsp3) is 0. The van der Waals surface area contributed by atoms with Gasteiger partial charge in [0, 0.05) is 26.2 Å². The molecule has 0 aliphatic carbocycles. The van der Waals surface area contributed by atoms with Crippen LogP contribution in [0.25, 0.3) is 0 Å². The summed E-state index contributed by atoms with van der Waals surface area (Å²) in [7, 11) is 0. The number of benzene rings is 4. The van der Waals surface area contributed by atoms with Gasteiger partial charge >= 0.3 is 0 Å². The summed E-state index contributed by atoms with van der Waals surface area (Å²) >= 11 is 7.45. The Morgan fingerprint density at radius 1 is 0.657 bits per heavy atom. The van der Waals surface area contributed by atoms with Crippen molar-refractivity contribution < 1.29 is 9.59 Å². The Hall–Kier alpha value is -3.76. The number of para-hydroxylation sites is 2. The summed E-state index contributed by atoms with van der Waals surface area (Å²) in [5.41, 5.74) is 3.92. The standard InChI is InChI=1S/C27H21IN4O2S/c28-19-8-6-7-18(17-19)25(33)32-27(35)31-24-12-5-4-11-23(24)26(34)30-22-15-13-21(14-16-22)29-20-9-2-1-3-10-20/h1-17,29H,(H,30,34)(H2,31,32,33,35). The Morgan fingerprint density at radius 2 is 1.31 bits per heavy atom. The second kappa shape index (κ2) is 11.6. The van der Waals surface area contributed by atoms with E-state index in [2.05, 4.69) is 43.9 Å². The van der Waals surface area contributed by atoms with E-state index >= 15 is 0 Å². The van der Waals surface area contributed by atoms with Gasteiger partial charge in [0.1, 0.15) is 0 Å². The molecule has 2 amide bonds. The van der Waals surface area contributed by atoms with E-state index in [0.717, 1.165) is 14.9 Å². The monoisotopic (exact) mass is 592 g/mol. The van der Waals surface area contributed by atoms with E-state index in [-0.39, 0.29) is 16.9 Å². The zero-order valence-electron chi connectivity index (χ0n) is 18.4. The van der Waals surface area contributed by atoms with Gasteiger partial charge in [0.15, 0.2) is 5.11 Å². The fourth-order valence-corrected chi connectivity index (χ4v) is 4.02. The average molecular weight is 592 g/mol. The molecular weight excluding hydrogens is 571 g/mol. The minimum atomic E-state index is -0.327. The van der Waals surface area contributed by atoms with Crippen LogP contribution in [0.15, 0.2) is 103 Å². The van der Waals surface area contributed by atoms with E-state index in [1.165, 1.54) is 0 Å². The molecule has 4 aromatic carbocycles. The summed E-state index contributed by atoms with van der Waals surface area (Å²) in [6, 6.07) is 31.4. The molecule has 8 heteroatoms. The number of carbonyl (C=O) groups is 2. The molecule has 4 N–H and O–H groups in total. The van der Waals surface area contributed by atoms with E-state index in [0.29, 0.717) is 22.5 Å². The molecule has 0 heterocycles. The molecule has 0 aliphatic rings. The third-order valence-electron chi connectivity index (χ3n) is 4.94. The van der Waals surface area contributed by atoms with Crippen LogP contribution in [0.4, 0.5) is 22.7 Å². The Balaban J connectivity index is 1.39. The lowest BCUT2D eigenvalue weighted by Gasteiger charge is -2.14. The van der Waals surface area contributed by atoms with Crippen LogP contribution in [0, 0.1) is 3.57 Å². The lowest BCUT2D eigenvalue weighted by Crippen LogP contribution is -2.34. The first kappa shape index (κ1) is 24.4. The Kier molecular flexibility index (Phi) is 8.07. The van der Waals surface area contributed by atoms with E-state index in [1.807, 2.05) is 60.7 Å². The zero-order chi connectivity index (χ0) is 24.6. The van der Waals surface area contributed by atoms with Gasteiger partial charge in [0.25, 0.3) is 11.8 Å². The average Bonchev–Trinajstić information content (AvgIpc) is 2.86. The first-order valence-electron chi connectivity index (χ1n) is 10.7. The van der Waals surface area contributed by atoms with Gasteiger partial charge in [-0.3, -0.25) is 14.9 Å². The van der Waals surface area contributed by atoms with Gasteiger partial charge in [-0.15, -0.1) is 0 Å². The van der Waals surface area contributed by atoms with Gasteiger partial charge in [-0.2, -0.15) is 0 Å². The largest absolute Gasteiger partial charge is 0.356 e. The van der Waals surface area contributed by atoms with Crippen molar-refractivity contribution in [2.24, 2.45) is 0 Å². The predicted molar refractivity (Wildman–Crippen MR) is 153 cm³/mol. The molecule has 0 radical (unpaired) electrons. The minimum Gasteiger partial charge on any atom is -0.356 e. The number of hydrogen-bond donors (Lipinski definition) is 4.